The number of halogens is 2. The Balaban J connectivity index is 2.23. The molecular weight excluding hydrogens is 304 g/mol. The summed E-state index contributed by atoms with van der Waals surface area (Å²) in [5.41, 5.74) is 0.633. The van der Waals surface area contributed by atoms with E-state index < -0.39 is 0 Å². The van der Waals surface area contributed by atoms with E-state index in [2.05, 4.69) is 21.0 Å². The van der Waals surface area contributed by atoms with Gasteiger partial charge >= 0.3 is 0 Å². The number of rotatable bonds is 3. The van der Waals surface area contributed by atoms with Gasteiger partial charge in [-0.05, 0) is 47.1 Å². The number of nitrogens with zero attached hydrogens (tertiary/aromatic N) is 2. The lowest BCUT2D eigenvalue weighted by Gasteiger charge is -2.10. The first-order valence-electron chi connectivity index (χ1n) is 5.07. The van der Waals surface area contributed by atoms with E-state index >= 15 is 0 Å². The molecule has 0 N–H and O–H groups in total. The summed E-state index contributed by atoms with van der Waals surface area (Å²) in [6, 6.07) is 6.53. The van der Waals surface area contributed by atoms with Crippen molar-refractivity contribution in [1.82, 2.24) is 9.78 Å². The Morgan fingerprint density at radius 2 is 2.06 bits per heavy atom. The van der Waals surface area contributed by atoms with Gasteiger partial charge in [-0.25, -0.2) is 0 Å². The maximum absolute atomic E-state index is 12.1. The lowest BCUT2D eigenvalue weighted by atomic mass is 10.1. The molecule has 0 radical (unpaired) electrons. The molecule has 0 spiro atoms. The summed E-state index contributed by atoms with van der Waals surface area (Å²) in [6.07, 6.45) is 3.43. The lowest BCUT2D eigenvalue weighted by molar-refractivity contribution is 0.0928. The van der Waals surface area contributed by atoms with Crippen LogP contribution in [0.2, 0.25) is 5.02 Å². The summed E-state index contributed by atoms with van der Waals surface area (Å²) in [5, 5.41) is 4.72. The molecule has 5 heteroatoms. The topological polar surface area (TPSA) is 34.9 Å². The third-order valence-corrected chi connectivity index (χ3v) is 3.14. The molecule has 1 heterocycles. The van der Waals surface area contributed by atoms with Crippen molar-refractivity contribution >= 4 is 33.3 Å². The highest BCUT2D eigenvalue weighted by Gasteiger charge is 2.17. The van der Waals surface area contributed by atoms with Crippen molar-refractivity contribution < 1.29 is 4.79 Å². The Morgan fingerprint density at radius 1 is 1.41 bits per heavy atom. The second kappa shape index (κ2) is 5.02. The van der Waals surface area contributed by atoms with E-state index in [-0.39, 0.29) is 11.8 Å². The van der Waals surface area contributed by atoms with Crippen LogP contribution >= 0.6 is 27.5 Å². The van der Waals surface area contributed by atoms with Crippen molar-refractivity contribution in [2.24, 2.45) is 0 Å². The van der Waals surface area contributed by atoms with E-state index in [1.807, 2.05) is 6.92 Å². The van der Waals surface area contributed by atoms with Gasteiger partial charge in [0.25, 0.3) is 0 Å². The fourth-order valence-electron chi connectivity index (χ4n) is 1.50. The molecule has 0 saturated carbocycles. The van der Waals surface area contributed by atoms with Crippen LogP contribution in [0.25, 0.3) is 0 Å². The third-order valence-electron chi connectivity index (χ3n) is 2.47. The second-order valence-corrected chi connectivity index (χ2v) is 5.04. The van der Waals surface area contributed by atoms with Gasteiger partial charge in [-0.15, -0.1) is 0 Å². The normalized spacial score (nSPS) is 12.4. The Labute approximate surface area is 113 Å². The minimum absolute atomic E-state index is 0.0114. The van der Waals surface area contributed by atoms with Crippen molar-refractivity contribution in [1.29, 1.82) is 0 Å². The van der Waals surface area contributed by atoms with E-state index in [0.717, 1.165) is 4.47 Å². The minimum atomic E-state index is -0.331. The number of ketones is 1. The van der Waals surface area contributed by atoms with Crippen LogP contribution in [0.4, 0.5) is 0 Å². The Bertz CT molecular complexity index is 536. The van der Waals surface area contributed by atoms with Gasteiger partial charge in [0.05, 0.1) is 10.7 Å². The third kappa shape index (κ3) is 2.76. The molecule has 1 aromatic carbocycles. The largest absolute Gasteiger partial charge is 0.292 e. The molecule has 0 bridgehead atoms. The van der Waals surface area contributed by atoms with Gasteiger partial charge in [-0.2, -0.15) is 5.10 Å². The zero-order valence-corrected chi connectivity index (χ0v) is 11.4. The summed E-state index contributed by atoms with van der Waals surface area (Å²) < 4.78 is 2.48. The molecule has 1 aromatic heterocycles. The van der Waals surface area contributed by atoms with Gasteiger partial charge in [-0.1, -0.05) is 11.6 Å². The molecule has 0 aliphatic rings. The van der Waals surface area contributed by atoms with E-state index in [4.69, 9.17) is 11.6 Å². The molecule has 2 rings (SSSR count). The van der Waals surface area contributed by atoms with Gasteiger partial charge in [0.2, 0.25) is 0 Å². The van der Waals surface area contributed by atoms with Crippen LogP contribution in [0, 0.1) is 0 Å². The molecule has 17 heavy (non-hydrogen) atoms. The monoisotopic (exact) mass is 312 g/mol. The quantitative estimate of drug-likeness (QED) is 0.809. The number of carbonyl (C=O) groups excluding carboxylic acids is 1. The van der Waals surface area contributed by atoms with Crippen molar-refractivity contribution in [2.75, 3.05) is 0 Å². The molecule has 0 amide bonds. The first-order chi connectivity index (χ1) is 8.08. The van der Waals surface area contributed by atoms with Crippen LogP contribution in [-0.2, 0) is 0 Å². The maximum Gasteiger partial charge on any atom is 0.187 e. The first-order valence-corrected chi connectivity index (χ1v) is 6.24. The Kier molecular flexibility index (Phi) is 3.64. The summed E-state index contributed by atoms with van der Waals surface area (Å²) in [5.74, 6) is 0.0114. The maximum atomic E-state index is 12.1. The predicted octanol–water partition coefficient (Wildman–Crippen LogP) is 3.74. The number of benzene rings is 1. The first kappa shape index (κ1) is 12.3. The fourth-order valence-corrected chi connectivity index (χ4v) is 1.93. The summed E-state index contributed by atoms with van der Waals surface area (Å²) in [6.45, 7) is 1.82. The molecule has 88 valence electrons. The standard InChI is InChI=1S/C12H10BrClN2O/c1-8(16-7-10(13)6-15-16)12(17)9-2-4-11(14)5-3-9/h2-8H,1H3. The number of hydrogen-bond acceptors (Lipinski definition) is 2. The lowest BCUT2D eigenvalue weighted by Crippen LogP contribution is -2.16. The van der Waals surface area contributed by atoms with Gasteiger partial charge < -0.3 is 0 Å². The van der Waals surface area contributed by atoms with Crippen LogP contribution in [-0.4, -0.2) is 15.6 Å². The number of hydrogen-bond donors (Lipinski definition) is 0. The van der Waals surface area contributed by atoms with Crippen molar-refractivity contribution in [3.8, 4) is 0 Å². The van der Waals surface area contributed by atoms with Gasteiger partial charge in [-0.3, -0.25) is 9.48 Å². The second-order valence-electron chi connectivity index (χ2n) is 3.69. The smallest absolute Gasteiger partial charge is 0.187 e. The van der Waals surface area contributed by atoms with Crippen LogP contribution in [0.15, 0.2) is 41.1 Å². The van der Waals surface area contributed by atoms with E-state index in [1.165, 1.54) is 0 Å². The van der Waals surface area contributed by atoms with Crippen LogP contribution < -0.4 is 0 Å². The van der Waals surface area contributed by atoms with Gasteiger partial charge in [0.1, 0.15) is 6.04 Å². The average Bonchev–Trinajstić information content (AvgIpc) is 2.75. The fraction of sp³-hybridized carbons (Fsp3) is 0.167. The molecule has 0 aliphatic heterocycles. The highest BCUT2D eigenvalue weighted by atomic mass is 79.9. The van der Waals surface area contributed by atoms with Crippen molar-refractivity contribution in [2.45, 2.75) is 13.0 Å². The average molecular weight is 314 g/mol. The molecular formula is C12H10BrClN2O. The minimum Gasteiger partial charge on any atom is -0.292 e. The Hall–Kier alpha value is -1.13. The van der Waals surface area contributed by atoms with Crippen molar-refractivity contribution in [3.05, 3.63) is 51.7 Å². The molecule has 2 aromatic rings. The molecule has 3 nitrogen and oxygen atoms in total. The highest BCUT2D eigenvalue weighted by Crippen LogP contribution is 2.18. The van der Waals surface area contributed by atoms with E-state index in [1.54, 1.807) is 41.3 Å². The number of Topliss-reactive ketones (excluding diaryl/α,β-unsaturated/α-hetero) is 1. The van der Waals surface area contributed by atoms with Crippen molar-refractivity contribution in [3.63, 3.8) is 0 Å². The molecule has 0 fully saturated rings. The van der Waals surface area contributed by atoms with Gasteiger partial charge in [0, 0.05) is 16.8 Å². The molecule has 0 saturated heterocycles. The SMILES string of the molecule is CC(C(=O)c1ccc(Cl)cc1)n1cc(Br)cn1. The molecule has 1 atom stereocenters. The zero-order chi connectivity index (χ0) is 12.4. The molecule has 0 aliphatic carbocycles. The Morgan fingerprint density at radius 3 is 2.59 bits per heavy atom. The summed E-state index contributed by atoms with van der Waals surface area (Å²) >= 11 is 9.08. The van der Waals surface area contributed by atoms with Crippen LogP contribution in [0.3, 0.4) is 0 Å². The van der Waals surface area contributed by atoms with Crippen LogP contribution in [0.1, 0.15) is 23.3 Å². The number of aromatic nitrogens is 2. The summed E-state index contributed by atoms with van der Waals surface area (Å²) in [7, 11) is 0. The van der Waals surface area contributed by atoms with E-state index in [9.17, 15) is 4.79 Å². The number of carbonyl (C=O) groups is 1. The van der Waals surface area contributed by atoms with Crippen LogP contribution in [0.5, 0.6) is 0 Å². The van der Waals surface area contributed by atoms with E-state index in [0.29, 0.717) is 10.6 Å². The zero-order valence-electron chi connectivity index (χ0n) is 9.10. The molecule has 1 unspecified atom stereocenters. The predicted molar refractivity (Wildman–Crippen MR) is 70.4 cm³/mol. The highest BCUT2D eigenvalue weighted by molar-refractivity contribution is 9.10. The summed E-state index contributed by atoms with van der Waals surface area (Å²) in [4.78, 5) is 12.1. The van der Waals surface area contributed by atoms with Gasteiger partial charge in [0.15, 0.2) is 5.78 Å².